The van der Waals surface area contributed by atoms with E-state index in [1.807, 2.05) is 11.6 Å². The van der Waals surface area contributed by atoms with Gasteiger partial charge < -0.3 is 10.5 Å². The lowest BCUT2D eigenvalue weighted by Crippen LogP contribution is -2.35. The molecular weight excluding hydrogens is 282 g/mol. The summed E-state index contributed by atoms with van der Waals surface area (Å²) in [6.07, 6.45) is 4.13. The molecule has 21 heavy (non-hydrogen) atoms. The molecule has 0 aliphatic carbocycles. The predicted molar refractivity (Wildman–Crippen MR) is 88.4 cm³/mol. The van der Waals surface area contributed by atoms with Gasteiger partial charge in [0.15, 0.2) is 0 Å². The third-order valence-electron chi connectivity index (χ3n) is 4.42. The molecule has 1 saturated heterocycles. The molecular formula is C16H29N3OS. The fourth-order valence-corrected chi connectivity index (χ4v) is 3.51. The van der Waals surface area contributed by atoms with Gasteiger partial charge in [0.05, 0.1) is 13.2 Å². The van der Waals surface area contributed by atoms with Gasteiger partial charge in [0.2, 0.25) is 0 Å². The van der Waals surface area contributed by atoms with Crippen molar-refractivity contribution in [1.82, 2.24) is 9.88 Å². The van der Waals surface area contributed by atoms with Gasteiger partial charge in [0, 0.05) is 24.2 Å². The van der Waals surface area contributed by atoms with Crippen molar-refractivity contribution in [3.63, 3.8) is 0 Å². The van der Waals surface area contributed by atoms with E-state index in [1.165, 1.54) is 13.0 Å². The van der Waals surface area contributed by atoms with Crippen LogP contribution >= 0.6 is 11.3 Å². The summed E-state index contributed by atoms with van der Waals surface area (Å²) < 4.78 is 5.91. The Hall–Kier alpha value is -0.490. The summed E-state index contributed by atoms with van der Waals surface area (Å²) in [4.78, 5) is 6.84. The van der Waals surface area contributed by atoms with E-state index in [2.05, 4.69) is 30.7 Å². The van der Waals surface area contributed by atoms with Crippen molar-refractivity contribution >= 4 is 11.3 Å². The van der Waals surface area contributed by atoms with Crippen molar-refractivity contribution in [3.05, 3.63) is 16.6 Å². The lowest BCUT2D eigenvalue weighted by Gasteiger charge is -2.27. The molecule has 0 spiro atoms. The van der Waals surface area contributed by atoms with E-state index in [0.29, 0.717) is 18.1 Å². The van der Waals surface area contributed by atoms with Gasteiger partial charge >= 0.3 is 0 Å². The molecule has 2 N–H and O–H groups in total. The molecule has 2 rings (SSSR count). The second kappa shape index (κ2) is 7.68. The lowest BCUT2D eigenvalue weighted by molar-refractivity contribution is 0.0665. The number of rotatable bonds is 7. The molecule has 5 heteroatoms. The Morgan fingerprint density at radius 1 is 1.48 bits per heavy atom. The molecule has 0 radical (unpaired) electrons. The van der Waals surface area contributed by atoms with Crippen molar-refractivity contribution in [2.45, 2.75) is 46.3 Å². The molecule has 0 amide bonds. The van der Waals surface area contributed by atoms with E-state index >= 15 is 0 Å². The van der Waals surface area contributed by atoms with E-state index in [-0.39, 0.29) is 0 Å². The third-order valence-corrected chi connectivity index (χ3v) is 5.17. The molecule has 1 fully saturated rings. The van der Waals surface area contributed by atoms with Gasteiger partial charge in [-0.2, -0.15) is 0 Å². The highest BCUT2D eigenvalue weighted by Crippen LogP contribution is 2.36. The second-order valence-electron chi connectivity index (χ2n) is 7.03. The molecule has 2 atom stereocenters. The zero-order valence-electron chi connectivity index (χ0n) is 13.5. The SMILES string of the molecule is CC(C)(C)C1CC(COCc2nccs2)N(CCCN)C1. The minimum Gasteiger partial charge on any atom is -0.373 e. The van der Waals surface area contributed by atoms with Crippen LogP contribution in [0.4, 0.5) is 0 Å². The molecule has 4 nitrogen and oxygen atoms in total. The van der Waals surface area contributed by atoms with Crippen molar-refractivity contribution in [3.8, 4) is 0 Å². The molecule has 1 aromatic rings. The number of nitrogens with two attached hydrogens (primary N) is 1. The molecule has 120 valence electrons. The maximum Gasteiger partial charge on any atom is 0.118 e. The molecule has 1 aromatic heterocycles. The molecule has 2 unspecified atom stereocenters. The smallest absolute Gasteiger partial charge is 0.118 e. The number of likely N-dealkylation sites (tertiary alicyclic amines) is 1. The predicted octanol–water partition coefficient (Wildman–Crippen LogP) is 2.75. The van der Waals surface area contributed by atoms with E-state index in [4.69, 9.17) is 10.5 Å². The second-order valence-corrected chi connectivity index (χ2v) is 8.01. The first-order valence-electron chi connectivity index (χ1n) is 7.91. The Bertz CT molecular complexity index is 402. The fourth-order valence-electron chi connectivity index (χ4n) is 2.96. The molecule has 1 aliphatic rings. The number of ether oxygens (including phenoxy) is 1. The van der Waals surface area contributed by atoms with Gasteiger partial charge in [0.1, 0.15) is 5.01 Å². The van der Waals surface area contributed by atoms with Crippen LogP contribution in [0.3, 0.4) is 0 Å². The summed E-state index contributed by atoms with van der Waals surface area (Å²) in [7, 11) is 0. The maximum atomic E-state index is 5.91. The highest BCUT2D eigenvalue weighted by Gasteiger charge is 2.37. The van der Waals surface area contributed by atoms with E-state index in [1.54, 1.807) is 11.3 Å². The first-order chi connectivity index (χ1) is 10.0. The standard InChI is InChI=1S/C16H29N3OS/c1-16(2,3)13-9-14(19(10-13)7-4-5-17)11-20-12-15-18-6-8-21-15/h6,8,13-14H,4-5,7,9-12,17H2,1-3H3. The number of thiazole rings is 1. The van der Waals surface area contributed by atoms with Crippen LogP contribution in [0.1, 0.15) is 38.6 Å². The number of aromatic nitrogens is 1. The van der Waals surface area contributed by atoms with E-state index in [9.17, 15) is 0 Å². The Morgan fingerprint density at radius 2 is 2.29 bits per heavy atom. The van der Waals surface area contributed by atoms with Crippen LogP contribution in [-0.2, 0) is 11.3 Å². The average Bonchev–Trinajstić information content (AvgIpc) is 3.05. The van der Waals surface area contributed by atoms with Gasteiger partial charge in [-0.15, -0.1) is 11.3 Å². The summed E-state index contributed by atoms with van der Waals surface area (Å²) >= 11 is 1.66. The summed E-state index contributed by atoms with van der Waals surface area (Å²) in [6.45, 7) is 11.5. The van der Waals surface area contributed by atoms with Crippen LogP contribution < -0.4 is 5.73 Å². The molecule has 0 aromatic carbocycles. The minimum atomic E-state index is 0.366. The van der Waals surface area contributed by atoms with Gasteiger partial charge in [-0.3, -0.25) is 4.90 Å². The zero-order valence-corrected chi connectivity index (χ0v) is 14.4. The largest absolute Gasteiger partial charge is 0.373 e. The van der Waals surface area contributed by atoms with E-state index in [0.717, 1.165) is 37.0 Å². The fraction of sp³-hybridized carbons (Fsp3) is 0.812. The van der Waals surface area contributed by atoms with Crippen LogP contribution in [0.15, 0.2) is 11.6 Å². The van der Waals surface area contributed by atoms with Crippen molar-refractivity contribution in [2.24, 2.45) is 17.1 Å². The highest BCUT2D eigenvalue weighted by molar-refractivity contribution is 7.09. The van der Waals surface area contributed by atoms with Gasteiger partial charge in [-0.25, -0.2) is 4.98 Å². The summed E-state index contributed by atoms with van der Waals surface area (Å²) in [5.74, 6) is 0.740. The molecule has 2 heterocycles. The zero-order chi connectivity index (χ0) is 15.3. The number of hydrogen-bond donors (Lipinski definition) is 1. The van der Waals surface area contributed by atoms with E-state index < -0.39 is 0 Å². The average molecular weight is 311 g/mol. The van der Waals surface area contributed by atoms with Crippen molar-refractivity contribution in [2.75, 3.05) is 26.2 Å². The Labute approximate surface area is 132 Å². The van der Waals surface area contributed by atoms with Crippen LogP contribution in [0, 0.1) is 11.3 Å². The maximum absolute atomic E-state index is 5.91. The molecule has 0 saturated carbocycles. The summed E-state index contributed by atoms with van der Waals surface area (Å²) in [6, 6.07) is 0.528. The van der Waals surface area contributed by atoms with Crippen molar-refractivity contribution in [1.29, 1.82) is 0 Å². The Kier molecular flexibility index (Phi) is 6.17. The topological polar surface area (TPSA) is 51.4 Å². The summed E-state index contributed by atoms with van der Waals surface area (Å²) in [5.41, 5.74) is 6.04. The highest BCUT2D eigenvalue weighted by atomic mass is 32.1. The summed E-state index contributed by atoms with van der Waals surface area (Å²) in [5, 5.41) is 3.06. The first kappa shape index (κ1) is 16.9. The van der Waals surface area contributed by atoms with Crippen LogP contribution in [0.2, 0.25) is 0 Å². The normalized spacial score (nSPS) is 23.8. The Balaban J connectivity index is 1.84. The van der Waals surface area contributed by atoms with Gasteiger partial charge in [-0.05, 0) is 37.3 Å². The minimum absolute atomic E-state index is 0.366. The van der Waals surface area contributed by atoms with Gasteiger partial charge in [0.25, 0.3) is 0 Å². The van der Waals surface area contributed by atoms with Crippen LogP contribution in [-0.4, -0.2) is 42.2 Å². The van der Waals surface area contributed by atoms with Crippen molar-refractivity contribution < 1.29 is 4.74 Å². The molecule has 1 aliphatic heterocycles. The third kappa shape index (κ3) is 5.02. The lowest BCUT2D eigenvalue weighted by atomic mass is 9.79. The Morgan fingerprint density at radius 3 is 2.90 bits per heavy atom. The quantitative estimate of drug-likeness (QED) is 0.841. The number of nitrogens with zero attached hydrogens (tertiary/aromatic N) is 2. The van der Waals surface area contributed by atoms with Crippen LogP contribution in [0.25, 0.3) is 0 Å². The van der Waals surface area contributed by atoms with Gasteiger partial charge in [-0.1, -0.05) is 20.8 Å². The van der Waals surface area contributed by atoms with Crippen LogP contribution in [0.5, 0.6) is 0 Å². The number of hydrogen-bond acceptors (Lipinski definition) is 5. The monoisotopic (exact) mass is 311 g/mol. The first-order valence-corrected chi connectivity index (χ1v) is 8.79. The molecule has 0 bridgehead atoms.